The average molecular weight is 375 g/mol. The number of nitrogens with one attached hydrogen (secondary N) is 1. The Morgan fingerprint density at radius 2 is 2.11 bits per heavy atom. The van der Waals surface area contributed by atoms with Crippen LogP contribution in [0, 0.1) is 5.82 Å². The van der Waals surface area contributed by atoms with Crippen LogP contribution in [0.3, 0.4) is 0 Å². The molecule has 1 aromatic carbocycles. The first-order chi connectivity index (χ1) is 13.6. The van der Waals surface area contributed by atoms with E-state index in [0.717, 1.165) is 36.5 Å². The Labute approximate surface area is 163 Å². The van der Waals surface area contributed by atoms with Crippen LogP contribution in [0.4, 0.5) is 15.9 Å². The zero-order valence-electron chi connectivity index (χ0n) is 15.8. The molecular formula is C22H22FN5. The number of nitrogens with zero attached hydrogens (tertiary/aromatic N) is 4. The van der Waals surface area contributed by atoms with Gasteiger partial charge in [-0.1, -0.05) is 6.07 Å². The largest absolute Gasteiger partial charge is 0.340 e. The van der Waals surface area contributed by atoms with Gasteiger partial charge in [0.25, 0.3) is 0 Å². The van der Waals surface area contributed by atoms with E-state index in [4.69, 9.17) is 9.97 Å². The van der Waals surface area contributed by atoms with Crippen LogP contribution in [0.1, 0.15) is 25.1 Å². The van der Waals surface area contributed by atoms with E-state index in [9.17, 15) is 4.39 Å². The van der Waals surface area contributed by atoms with E-state index in [1.165, 1.54) is 18.6 Å². The summed E-state index contributed by atoms with van der Waals surface area (Å²) in [6.07, 6.45) is 6.96. The monoisotopic (exact) mass is 375 g/mol. The first kappa shape index (κ1) is 17.3. The van der Waals surface area contributed by atoms with E-state index in [1.54, 1.807) is 12.3 Å². The maximum Gasteiger partial charge on any atom is 0.138 e. The fourth-order valence-electron chi connectivity index (χ4n) is 4.62. The maximum absolute atomic E-state index is 13.6. The number of hydrogen-bond acceptors (Lipinski definition) is 5. The molecule has 1 aliphatic carbocycles. The van der Waals surface area contributed by atoms with Crippen molar-refractivity contribution in [1.29, 1.82) is 0 Å². The molecule has 1 aliphatic heterocycles. The van der Waals surface area contributed by atoms with E-state index in [1.807, 2.05) is 30.5 Å². The van der Waals surface area contributed by atoms with E-state index in [2.05, 4.69) is 22.2 Å². The summed E-state index contributed by atoms with van der Waals surface area (Å²) in [6.45, 7) is 0.980. The lowest BCUT2D eigenvalue weighted by atomic mass is 9.86. The average Bonchev–Trinajstić information content (AvgIpc) is 3.27. The summed E-state index contributed by atoms with van der Waals surface area (Å²) >= 11 is 0. The normalized spacial score (nSPS) is 23.9. The lowest BCUT2D eigenvalue weighted by Crippen LogP contribution is -2.35. The zero-order chi connectivity index (χ0) is 19.1. The van der Waals surface area contributed by atoms with Gasteiger partial charge in [-0.3, -0.25) is 4.98 Å². The number of hydrogen-bond donors (Lipinski definition) is 1. The van der Waals surface area contributed by atoms with Crippen LogP contribution in [-0.2, 0) is 5.41 Å². The highest BCUT2D eigenvalue weighted by atomic mass is 19.1. The quantitative estimate of drug-likeness (QED) is 0.742. The van der Waals surface area contributed by atoms with Crippen LogP contribution < -0.4 is 5.32 Å². The predicted octanol–water partition coefficient (Wildman–Crippen LogP) is 4.16. The van der Waals surface area contributed by atoms with Crippen LogP contribution in [-0.4, -0.2) is 39.5 Å². The van der Waals surface area contributed by atoms with Gasteiger partial charge in [0.1, 0.15) is 17.5 Å². The van der Waals surface area contributed by atoms with E-state index in [0.29, 0.717) is 17.5 Å². The number of benzene rings is 1. The molecule has 3 aromatic rings. The number of piperidine rings is 1. The molecule has 1 saturated heterocycles. The minimum Gasteiger partial charge on any atom is -0.340 e. The summed E-state index contributed by atoms with van der Waals surface area (Å²) in [5, 5.41) is 3.26. The molecular weight excluding hydrogens is 353 g/mol. The zero-order valence-corrected chi connectivity index (χ0v) is 15.8. The molecule has 2 unspecified atom stereocenters. The molecule has 1 N–H and O–H groups in total. The molecule has 142 valence electrons. The van der Waals surface area contributed by atoms with Crippen molar-refractivity contribution in [3.8, 4) is 11.3 Å². The third-order valence-electron chi connectivity index (χ3n) is 6.01. The van der Waals surface area contributed by atoms with Crippen molar-refractivity contribution in [2.45, 2.75) is 30.7 Å². The summed E-state index contributed by atoms with van der Waals surface area (Å²) in [7, 11) is 2.18. The first-order valence-corrected chi connectivity index (χ1v) is 9.64. The molecule has 3 heterocycles. The number of halogens is 1. The van der Waals surface area contributed by atoms with Crippen molar-refractivity contribution in [2.24, 2.45) is 0 Å². The summed E-state index contributed by atoms with van der Waals surface area (Å²) in [4.78, 5) is 16.5. The Hall–Kier alpha value is -2.86. The van der Waals surface area contributed by atoms with Crippen molar-refractivity contribution in [2.75, 3.05) is 18.9 Å². The second kappa shape index (κ2) is 6.63. The van der Waals surface area contributed by atoms with Gasteiger partial charge < -0.3 is 10.2 Å². The third kappa shape index (κ3) is 3.03. The van der Waals surface area contributed by atoms with Gasteiger partial charge in [-0.25, -0.2) is 14.4 Å². The maximum atomic E-state index is 13.6. The Kier molecular flexibility index (Phi) is 4.09. The highest BCUT2D eigenvalue weighted by molar-refractivity contribution is 5.65. The molecule has 0 spiro atoms. The van der Waals surface area contributed by atoms with Gasteiger partial charge >= 0.3 is 0 Å². The van der Waals surface area contributed by atoms with Crippen LogP contribution in [0.15, 0.2) is 54.9 Å². The lowest BCUT2D eigenvalue weighted by Gasteiger charge is -2.29. The molecule has 2 fully saturated rings. The van der Waals surface area contributed by atoms with E-state index < -0.39 is 0 Å². The van der Waals surface area contributed by atoms with Crippen molar-refractivity contribution in [3.63, 3.8) is 0 Å². The van der Waals surface area contributed by atoms with Crippen LogP contribution in [0.25, 0.3) is 11.3 Å². The lowest BCUT2D eigenvalue weighted by molar-refractivity contribution is 0.242. The van der Waals surface area contributed by atoms with Gasteiger partial charge in [-0.15, -0.1) is 0 Å². The fraction of sp³-hybridized carbons (Fsp3) is 0.318. The highest BCUT2D eigenvalue weighted by Gasteiger charge is 2.51. The molecule has 2 bridgehead atoms. The fourth-order valence-corrected chi connectivity index (χ4v) is 4.62. The number of anilines is 2. The van der Waals surface area contributed by atoms with E-state index in [-0.39, 0.29) is 11.2 Å². The van der Waals surface area contributed by atoms with Crippen molar-refractivity contribution in [3.05, 3.63) is 66.5 Å². The molecule has 2 aliphatic rings. The number of aromatic nitrogens is 3. The standard InChI is InChI=1S/C22H22FN5/c1-28-14-22(8-7-18(28)12-22)21-26-19(15-4-3-9-24-13-15)11-20(27-21)25-17-6-2-5-16(23)10-17/h2-6,9-11,13,18H,7-8,12,14H2,1H3,(H,25,26,27). The van der Waals surface area contributed by atoms with Crippen LogP contribution in [0.2, 0.25) is 0 Å². The minimum atomic E-state index is -0.276. The molecule has 0 radical (unpaired) electrons. The Balaban J connectivity index is 1.59. The second-order valence-corrected chi connectivity index (χ2v) is 7.93. The number of fused-ring (bicyclic) bond motifs is 2. The molecule has 1 saturated carbocycles. The van der Waals surface area contributed by atoms with Gasteiger partial charge in [0, 0.05) is 47.7 Å². The molecule has 2 aromatic heterocycles. The smallest absolute Gasteiger partial charge is 0.138 e. The number of likely N-dealkylation sites (N-methyl/N-ethyl adjacent to an activating group) is 1. The van der Waals surface area contributed by atoms with Crippen LogP contribution >= 0.6 is 0 Å². The third-order valence-corrected chi connectivity index (χ3v) is 6.01. The molecule has 2 atom stereocenters. The Morgan fingerprint density at radius 3 is 2.82 bits per heavy atom. The van der Waals surface area contributed by atoms with Crippen molar-refractivity contribution < 1.29 is 4.39 Å². The van der Waals surface area contributed by atoms with Crippen molar-refractivity contribution in [1.82, 2.24) is 19.9 Å². The summed E-state index contributed by atoms with van der Waals surface area (Å²) < 4.78 is 13.6. The van der Waals surface area contributed by atoms with Gasteiger partial charge in [-0.2, -0.15) is 0 Å². The highest BCUT2D eigenvalue weighted by Crippen LogP contribution is 2.48. The molecule has 28 heavy (non-hydrogen) atoms. The Morgan fingerprint density at radius 1 is 1.18 bits per heavy atom. The van der Waals surface area contributed by atoms with Gasteiger partial charge in [-0.05, 0) is 56.6 Å². The van der Waals surface area contributed by atoms with Gasteiger partial charge in [0.15, 0.2) is 0 Å². The molecule has 0 amide bonds. The van der Waals surface area contributed by atoms with Gasteiger partial charge in [0.2, 0.25) is 0 Å². The van der Waals surface area contributed by atoms with Gasteiger partial charge in [0.05, 0.1) is 5.69 Å². The predicted molar refractivity (Wildman–Crippen MR) is 107 cm³/mol. The number of likely N-dealkylation sites (tertiary alicyclic amines) is 1. The summed E-state index contributed by atoms with van der Waals surface area (Å²) in [5.74, 6) is 1.28. The topological polar surface area (TPSA) is 53.9 Å². The second-order valence-electron chi connectivity index (χ2n) is 7.93. The van der Waals surface area contributed by atoms with Crippen molar-refractivity contribution >= 4 is 11.5 Å². The Bertz CT molecular complexity index is 1000. The summed E-state index contributed by atoms with van der Waals surface area (Å²) in [5.41, 5.74) is 2.46. The molecule has 5 rings (SSSR count). The molecule has 5 nitrogen and oxygen atoms in total. The molecule has 6 heteroatoms. The number of rotatable bonds is 4. The first-order valence-electron chi connectivity index (χ1n) is 9.64. The van der Waals surface area contributed by atoms with E-state index >= 15 is 0 Å². The number of pyridine rings is 1. The SMILES string of the molecule is CN1CC2(c3nc(Nc4cccc(F)c4)cc(-c4cccnc4)n3)CCC1C2. The van der Waals surface area contributed by atoms with Crippen LogP contribution in [0.5, 0.6) is 0 Å². The minimum absolute atomic E-state index is 0.00396. The summed E-state index contributed by atoms with van der Waals surface area (Å²) in [6, 6.07) is 12.9.